The number of nitrogens with one attached hydrogen (secondary N) is 2. The highest BCUT2D eigenvalue weighted by molar-refractivity contribution is 5.76. The van der Waals surface area contributed by atoms with Crippen molar-refractivity contribution in [2.75, 3.05) is 38.2 Å². The summed E-state index contributed by atoms with van der Waals surface area (Å²) in [6.45, 7) is 4.12. The molecule has 0 saturated carbocycles. The fraction of sp³-hybridized carbons (Fsp3) is 0.444. The van der Waals surface area contributed by atoms with Crippen LogP contribution in [0.15, 0.2) is 47.5 Å². The maximum Gasteiger partial charge on any atom is 0.221 e. The Labute approximate surface area is 147 Å². The van der Waals surface area contributed by atoms with E-state index in [4.69, 9.17) is 9.15 Å². The molecule has 7 heteroatoms. The predicted octanol–water partition coefficient (Wildman–Crippen LogP) is 1.49. The van der Waals surface area contributed by atoms with Gasteiger partial charge in [0.1, 0.15) is 0 Å². The van der Waals surface area contributed by atoms with Gasteiger partial charge in [0.25, 0.3) is 0 Å². The van der Waals surface area contributed by atoms with Gasteiger partial charge < -0.3 is 19.8 Å². The van der Waals surface area contributed by atoms with Gasteiger partial charge in [-0.2, -0.15) is 0 Å². The van der Waals surface area contributed by atoms with Crippen molar-refractivity contribution in [2.24, 2.45) is 0 Å². The first-order valence-corrected chi connectivity index (χ1v) is 8.55. The first-order chi connectivity index (χ1) is 12.3. The first-order valence-electron chi connectivity index (χ1n) is 8.55. The third kappa shape index (κ3) is 5.58. The van der Waals surface area contributed by atoms with E-state index in [-0.39, 0.29) is 11.9 Å². The fourth-order valence-corrected chi connectivity index (χ4v) is 2.86. The molecule has 2 aromatic heterocycles. The van der Waals surface area contributed by atoms with E-state index in [0.29, 0.717) is 32.7 Å². The fourth-order valence-electron chi connectivity index (χ4n) is 2.86. The van der Waals surface area contributed by atoms with Crippen LogP contribution in [0.5, 0.6) is 0 Å². The molecule has 3 heterocycles. The molecular weight excluding hydrogens is 320 g/mol. The van der Waals surface area contributed by atoms with Gasteiger partial charge in [-0.15, -0.1) is 0 Å². The van der Waals surface area contributed by atoms with Gasteiger partial charge >= 0.3 is 0 Å². The van der Waals surface area contributed by atoms with E-state index in [1.54, 1.807) is 24.9 Å². The van der Waals surface area contributed by atoms with Crippen molar-refractivity contribution in [3.8, 4) is 0 Å². The molecule has 0 bridgehead atoms. The molecule has 0 unspecified atom stereocenters. The van der Waals surface area contributed by atoms with Gasteiger partial charge in [-0.05, 0) is 18.2 Å². The summed E-state index contributed by atoms with van der Waals surface area (Å²) in [5.74, 6) is 0.0423. The lowest BCUT2D eigenvalue weighted by Gasteiger charge is -2.35. The number of amides is 1. The standard InChI is InChI=1S/C18H24N4O3/c23-18(21-6-5-20-16-2-1-4-19-11-16)10-17-14-25-9-7-22(17)12-15-3-8-24-13-15/h1-4,8,11,13,17,20H,5-7,9-10,12,14H2,(H,21,23)/t17-/m0/s1. The van der Waals surface area contributed by atoms with Crippen LogP contribution in [0.3, 0.4) is 0 Å². The quantitative estimate of drug-likeness (QED) is 0.707. The van der Waals surface area contributed by atoms with Gasteiger partial charge in [-0.3, -0.25) is 14.7 Å². The maximum absolute atomic E-state index is 12.2. The Kier molecular flexibility index (Phi) is 6.42. The lowest BCUT2D eigenvalue weighted by Crippen LogP contribution is -2.47. The molecule has 0 radical (unpaired) electrons. The Bertz CT molecular complexity index is 633. The monoisotopic (exact) mass is 344 g/mol. The summed E-state index contributed by atoms with van der Waals surface area (Å²) in [7, 11) is 0. The highest BCUT2D eigenvalue weighted by Crippen LogP contribution is 2.15. The van der Waals surface area contributed by atoms with Crippen LogP contribution in [0.4, 0.5) is 5.69 Å². The third-order valence-electron chi connectivity index (χ3n) is 4.17. The molecular formula is C18H24N4O3. The summed E-state index contributed by atoms with van der Waals surface area (Å²) < 4.78 is 10.7. The minimum atomic E-state index is 0.0423. The Morgan fingerprint density at radius 1 is 1.36 bits per heavy atom. The van der Waals surface area contributed by atoms with Crippen LogP contribution in [0, 0.1) is 0 Å². The van der Waals surface area contributed by atoms with Crippen LogP contribution in [0.1, 0.15) is 12.0 Å². The molecule has 1 fully saturated rings. The van der Waals surface area contributed by atoms with Crippen molar-refractivity contribution < 1.29 is 13.9 Å². The van der Waals surface area contributed by atoms with Crippen molar-refractivity contribution in [3.63, 3.8) is 0 Å². The smallest absolute Gasteiger partial charge is 0.221 e. The van der Waals surface area contributed by atoms with Crippen molar-refractivity contribution in [2.45, 2.75) is 19.0 Å². The number of hydrogen-bond acceptors (Lipinski definition) is 6. The SMILES string of the molecule is O=C(C[C@H]1COCCN1Cc1ccoc1)NCCNc1cccnc1. The molecule has 1 saturated heterocycles. The highest BCUT2D eigenvalue weighted by Gasteiger charge is 2.25. The lowest BCUT2D eigenvalue weighted by molar-refractivity contribution is -0.124. The van der Waals surface area contributed by atoms with Crippen molar-refractivity contribution in [1.82, 2.24) is 15.2 Å². The Morgan fingerprint density at radius 2 is 2.32 bits per heavy atom. The van der Waals surface area contributed by atoms with E-state index in [1.165, 1.54) is 0 Å². The van der Waals surface area contributed by atoms with E-state index in [0.717, 1.165) is 24.3 Å². The third-order valence-corrected chi connectivity index (χ3v) is 4.17. The second-order valence-electron chi connectivity index (χ2n) is 6.05. The molecule has 1 aliphatic rings. The number of nitrogens with zero attached hydrogens (tertiary/aromatic N) is 2. The van der Waals surface area contributed by atoms with Gasteiger partial charge in [-0.25, -0.2) is 0 Å². The van der Waals surface area contributed by atoms with Gasteiger partial charge in [-0.1, -0.05) is 0 Å². The molecule has 3 rings (SSSR count). The molecule has 0 aliphatic carbocycles. The Hall–Kier alpha value is -2.38. The highest BCUT2D eigenvalue weighted by atomic mass is 16.5. The summed E-state index contributed by atoms with van der Waals surface area (Å²) in [4.78, 5) is 18.5. The van der Waals surface area contributed by atoms with Crippen molar-refractivity contribution in [3.05, 3.63) is 48.7 Å². The first kappa shape index (κ1) is 17.4. The number of ether oxygens (including phenoxy) is 1. The molecule has 7 nitrogen and oxygen atoms in total. The molecule has 134 valence electrons. The molecule has 2 N–H and O–H groups in total. The summed E-state index contributed by atoms with van der Waals surface area (Å²) in [5.41, 5.74) is 2.07. The second-order valence-corrected chi connectivity index (χ2v) is 6.05. The Balaban J connectivity index is 1.39. The summed E-state index contributed by atoms with van der Waals surface area (Å²) >= 11 is 0. The number of carbonyl (C=O) groups is 1. The normalized spacial score (nSPS) is 18.0. The van der Waals surface area contributed by atoms with Crippen LogP contribution < -0.4 is 10.6 Å². The van der Waals surface area contributed by atoms with Gasteiger partial charge in [0.05, 0.1) is 31.4 Å². The molecule has 1 aliphatic heterocycles. The summed E-state index contributed by atoms with van der Waals surface area (Å²) in [6.07, 6.45) is 7.34. The average Bonchev–Trinajstić information content (AvgIpc) is 3.14. The number of hydrogen-bond donors (Lipinski definition) is 2. The van der Waals surface area contributed by atoms with E-state index in [9.17, 15) is 4.79 Å². The number of rotatable bonds is 8. The number of carbonyl (C=O) groups excluding carboxylic acids is 1. The van der Waals surface area contributed by atoms with Crippen LogP contribution in [0.25, 0.3) is 0 Å². The van der Waals surface area contributed by atoms with Gasteiger partial charge in [0.15, 0.2) is 0 Å². The average molecular weight is 344 g/mol. The number of furan rings is 1. The van der Waals surface area contributed by atoms with Crippen molar-refractivity contribution in [1.29, 1.82) is 0 Å². The molecule has 2 aromatic rings. The number of morpholine rings is 1. The van der Waals surface area contributed by atoms with E-state index in [2.05, 4.69) is 20.5 Å². The number of anilines is 1. The van der Waals surface area contributed by atoms with Crippen LogP contribution in [-0.4, -0.2) is 54.7 Å². The maximum atomic E-state index is 12.2. The Morgan fingerprint density at radius 3 is 3.12 bits per heavy atom. The molecule has 1 amide bonds. The van der Waals surface area contributed by atoms with E-state index in [1.807, 2.05) is 18.2 Å². The van der Waals surface area contributed by atoms with E-state index < -0.39 is 0 Å². The molecule has 0 aromatic carbocycles. The number of pyridine rings is 1. The molecule has 0 spiro atoms. The van der Waals surface area contributed by atoms with Crippen LogP contribution >= 0.6 is 0 Å². The van der Waals surface area contributed by atoms with Crippen LogP contribution in [-0.2, 0) is 16.1 Å². The number of aromatic nitrogens is 1. The zero-order valence-corrected chi connectivity index (χ0v) is 14.2. The summed E-state index contributed by atoms with van der Waals surface area (Å²) in [5, 5.41) is 6.18. The topological polar surface area (TPSA) is 79.6 Å². The van der Waals surface area contributed by atoms with Gasteiger partial charge in [0.2, 0.25) is 5.91 Å². The van der Waals surface area contributed by atoms with Gasteiger partial charge in [0, 0.05) is 56.6 Å². The predicted molar refractivity (Wildman–Crippen MR) is 94.1 cm³/mol. The zero-order chi connectivity index (χ0) is 17.3. The summed E-state index contributed by atoms with van der Waals surface area (Å²) in [6, 6.07) is 5.87. The van der Waals surface area contributed by atoms with Crippen molar-refractivity contribution >= 4 is 11.6 Å². The molecule has 1 atom stereocenters. The minimum Gasteiger partial charge on any atom is -0.472 e. The minimum absolute atomic E-state index is 0.0423. The second kappa shape index (κ2) is 9.19. The zero-order valence-electron chi connectivity index (χ0n) is 14.2. The largest absolute Gasteiger partial charge is 0.472 e. The molecule has 25 heavy (non-hydrogen) atoms. The lowest BCUT2D eigenvalue weighted by atomic mass is 10.1. The van der Waals surface area contributed by atoms with E-state index >= 15 is 0 Å². The van der Waals surface area contributed by atoms with Crippen LogP contribution in [0.2, 0.25) is 0 Å².